The second-order valence-electron chi connectivity index (χ2n) is 6.43. The highest BCUT2D eigenvalue weighted by molar-refractivity contribution is 9.10. The summed E-state index contributed by atoms with van der Waals surface area (Å²) in [6.45, 7) is 2.96. The number of likely N-dealkylation sites (tertiary alicyclic amines) is 1. The number of nitro benzene ring substituents is 1. The summed E-state index contributed by atoms with van der Waals surface area (Å²) in [4.78, 5) is 12.9. The van der Waals surface area contributed by atoms with Crippen LogP contribution in [0.15, 0.2) is 46.9 Å². The Balaban J connectivity index is 1.57. The van der Waals surface area contributed by atoms with Crippen LogP contribution < -0.4 is 10.1 Å². The summed E-state index contributed by atoms with van der Waals surface area (Å²) >= 11 is 3.61. The van der Waals surface area contributed by atoms with Gasteiger partial charge in [-0.3, -0.25) is 15.0 Å². The van der Waals surface area contributed by atoms with Crippen molar-refractivity contribution in [1.29, 1.82) is 0 Å². The van der Waals surface area contributed by atoms with Gasteiger partial charge >= 0.3 is 0 Å². The summed E-state index contributed by atoms with van der Waals surface area (Å²) in [6, 6.07) is 13.3. The first-order valence-electron chi connectivity index (χ1n) is 8.61. The molecule has 0 atom stereocenters. The van der Waals surface area contributed by atoms with Gasteiger partial charge in [0.2, 0.25) is 0 Å². The molecule has 0 amide bonds. The van der Waals surface area contributed by atoms with Crippen LogP contribution in [0.1, 0.15) is 18.4 Å². The Morgan fingerprint density at radius 2 is 2.00 bits per heavy atom. The van der Waals surface area contributed by atoms with E-state index in [1.54, 1.807) is 6.07 Å². The van der Waals surface area contributed by atoms with Crippen molar-refractivity contribution in [2.24, 2.45) is 0 Å². The van der Waals surface area contributed by atoms with Gasteiger partial charge in [0.15, 0.2) is 0 Å². The quantitative estimate of drug-likeness (QED) is 0.553. The zero-order valence-electron chi connectivity index (χ0n) is 14.7. The van der Waals surface area contributed by atoms with Crippen LogP contribution in [0.4, 0.5) is 11.4 Å². The number of halogens is 1. The Labute approximate surface area is 161 Å². The number of hydrogen-bond acceptors (Lipinski definition) is 5. The summed E-state index contributed by atoms with van der Waals surface area (Å²) < 4.78 is 6.46. The van der Waals surface area contributed by atoms with Crippen molar-refractivity contribution >= 4 is 27.3 Å². The van der Waals surface area contributed by atoms with Crippen molar-refractivity contribution in [3.05, 3.63) is 62.6 Å². The number of nitrogens with zero attached hydrogens (tertiary/aromatic N) is 2. The molecule has 2 aromatic rings. The lowest BCUT2D eigenvalue weighted by atomic mass is 10.0. The molecule has 0 radical (unpaired) electrons. The van der Waals surface area contributed by atoms with E-state index in [0.29, 0.717) is 11.8 Å². The number of non-ortho nitro benzene ring substituents is 1. The monoisotopic (exact) mass is 419 g/mol. The largest absolute Gasteiger partial charge is 0.494 e. The van der Waals surface area contributed by atoms with E-state index < -0.39 is 4.92 Å². The van der Waals surface area contributed by atoms with Crippen molar-refractivity contribution < 1.29 is 9.66 Å². The first-order valence-corrected chi connectivity index (χ1v) is 9.41. The maximum Gasteiger partial charge on any atom is 0.273 e. The SMILES string of the molecule is COc1cc([N+](=O)[O-])ccc1NC1CCN(Cc2ccccc2Br)CC1. The summed E-state index contributed by atoms with van der Waals surface area (Å²) in [5, 5.41) is 14.4. The molecule has 1 heterocycles. The summed E-state index contributed by atoms with van der Waals surface area (Å²) in [7, 11) is 1.53. The molecule has 138 valence electrons. The number of benzene rings is 2. The molecule has 1 saturated heterocycles. The van der Waals surface area contributed by atoms with Crippen LogP contribution >= 0.6 is 15.9 Å². The van der Waals surface area contributed by atoms with Gasteiger partial charge in [-0.15, -0.1) is 0 Å². The molecule has 0 aromatic heterocycles. The minimum atomic E-state index is -0.410. The molecule has 6 nitrogen and oxygen atoms in total. The van der Waals surface area contributed by atoms with Crippen LogP contribution in [-0.4, -0.2) is 36.1 Å². The smallest absolute Gasteiger partial charge is 0.273 e. The first-order chi connectivity index (χ1) is 12.6. The van der Waals surface area contributed by atoms with Gasteiger partial charge in [0.1, 0.15) is 5.75 Å². The number of nitrogens with one attached hydrogen (secondary N) is 1. The van der Waals surface area contributed by atoms with Gasteiger partial charge in [-0.25, -0.2) is 0 Å². The van der Waals surface area contributed by atoms with Crippen LogP contribution in [0.25, 0.3) is 0 Å². The average molecular weight is 420 g/mol. The van der Waals surface area contributed by atoms with Gasteiger partial charge in [-0.05, 0) is 30.5 Å². The molecule has 0 aliphatic carbocycles. The lowest BCUT2D eigenvalue weighted by Crippen LogP contribution is -2.38. The van der Waals surface area contributed by atoms with Crippen LogP contribution in [-0.2, 0) is 6.54 Å². The van der Waals surface area contributed by atoms with Gasteiger partial charge in [0, 0.05) is 36.2 Å². The number of methoxy groups -OCH3 is 1. The van der Waals surface area contributed by atoms with E-state index in [4.69, 9.17) is 4.74 Å². The highest BCUT2D eigenvalue weighted by Crippen LogP contribution is 2.31. The van der Waals surface area contributed by atoms with Crippen molar-refractivity contribution in [3.63, 3.8) is 0 Å². The molecule has 1 N–H and O–H groups in total. The van der Waals surface area contributed by atoms with Gasteiger partial charge in [0.25, 0.3) is 5.69 Å². The molecule has 26 heavy (non-hydrogen) atoms. The Hall–Kier alpha value is -2.12. The normalized spacial score (nSPS) is 15.6. The predicted molar refractivity (Wildman–Crippen MR) is 106 cm³/mol. The van der Waals surface area contributed by atoms with Gasteiger partial charge in [0.05, 0.1) is 23.8 Å². The van der Waals surface area contributed by atoms with Crippen LogP contribution in [0.3, 0.4) is 0 Å². The van der Waals surface area contributed by atoms with E-state index in [2.05, 4.69) is 44.3 Å². The second-order valence-corrected chi connectivity index (χ2v) is 7.28. The van der Waals surface area contributed by atoms with Gasteiger partial charge in [-0.2, -0.15) is 0 Å². The molecule has 7 heteroatoms. The third-order valence-corrected chi connectivity index (χ3v) is 5.47. The molecule has 2 aromatic carbocycles. The molecule has 0 bridgehead atoms. The zero-order valence-corrected chi connectivity index (χ0v) is 16.2. The van der Waals surface area contributed by atoms with Crippen LogP contribution in [0.5, 0.6) is 5.75 Å². The van der Waals surface area contributed by atoms with E-state index in [-0.39, 0.29) is 5.69 Å². The van der Waals surface area contributed by atoms with Crippen LogP contribution in [0.2, 0.25) is 0 Å². The number of anilines is 1. The van der Waals surface area contributed by atoms with Crippen molar-refractivity contribution in [2.45, 2.75) is 25.4 Å². The fourth-order valence-corrected chi connectivity index (χ4v) is 3.65. The summed E-state index contributed by atoms with van der Waals surface area (Å²) in [5.41, 5.74) is 2.15. The molecule has 0 unspecified atom stereocenters. The van der Waals surface area contributed by atoms with E-state index >= 15 is 0 Å². The second kappa shape index (κ2) is 8.51. The minimum Gasteiger partial charge on any atom is -0.494 e. The Kier molecular flexibility index (Phi) is 6.11. The maximum atomic E-state index is 10.9. The Morgan fingerprint density at radius 3 is 2.65 bits per heavy atom. The lowest BCUT2D eigenvalue weighted by Gasteiger charge is -2.33. The van der Waals surface area contributed by atoms with E-state index in [1.165, 1.54) is 24.8 Å². The Morgan fingerprint density at radius 1 is 1.27 bits per heavy atom. The average Bonchev–Trinajstić information content (AvgIpc) is 2.65. The highest BCUT2D eigenvalue weighted by atomic mass is 79.9. The molecule has 1 fully saturated rings. The van der Waals surface area contributed by atoms with Crippen LogP contribution in [0, 0.1) is 10.1 Å². The van der Waals surface area contributed by atoms with Crippen molar-refractivity contribution in [2.75, 3.05) is 25.5 Å². The third kappa shape index (κ3) is 4.53. The minimum absolute atomic E-state index is 0.0376. The number of rotatable bonds is 6. The molecule has 1 aliphatic rings. The Bertz CT molecular complexity index is 776. The molecule has 0 saturated carbocycles. The fraction of sp³-hybridized carbons (Fsp3) is 0.368. The number of nitro groups is 1. The molecule has 0 spiro atoms. The molecule has 1 aliphatic heterocycles. The van der Waals surface area contributed by atoms with E-state index in [9.17, 15) is 10.1 Å². The number of ether oxygens (including phenoxy) is 1. The summed E-state index contributed by atoms with van der Waals surface area (Å²) in [5.74, 6) is 0.509. The predicted octanol–water partition coefficient (Wildman–Crippen LogP) is 4.44. The van der Waals surface area contributed by atoms with E-state index in [0.717, 1.165) is 42.6 Å². The third-order valence-electron chi connectivity index (χ3n) is 4.69. The van der Waals surface area contributed by atoms with E-state index in [1.807, 2.05) is 6.07 Å². The molecule has 3 rings (SSSR count). The van der Waals surface area contributed by atoms with Gasteiger partial charge in [-0.1, -0.05) is 34.1 Å². The fourth-order valence-electron chi connectivity index (χ4n) is 3.24. The maximum absolute atomic E-state index is 10.9. The standard InChI is InChI=1S/C19H22BrN3O3/c1-26-19-12-16(23(24)25)6-7-18(19)21-15-8-10-22(11-9-15)13-14-4-2-3-5-17(14)20/h2-7,12,15,21H,8-11,13H2,1H3. The molecular formula is C19H22BrN3O3. The molecular weight excluding hydrogens is 398 g/mol. The van der Waals surface area contributed by atoms with Crippen molar-refractivity contribution in [3.8, 4) is 5.75 Å². The highest BCUT2D eigenvalue weighted by Gasteiger charge is 2.21. The van der Waals surface area contributed by atoms with Crippen molar-refractivity contribution in [1.82, 2.24) is 4.90 Å². The zero-order chi connectivity index (χ0) is 18.5. The summed E-state index contributed by atoms with van der Waals surface area (Å²) in [6.07, 6.45) is 2.04. The lowest BCUT2D eigenvalue weighted by molar-refractivity contribution is -0.384. The number of piperidine rings is 1. The first kappa shape index (κ1) is 18.7. The van der Waals surface area contributed by atoms with Gasteiger partial charge < -0.3 is 10.1 Å². The number of hydrogen-bond donors (Lipinski definition) is 1. The topological polar surface area (TPSA) is 67.6 Å².